The van der Waals surface area contributed by atoms with Crippen LogP contribution in [-0.4, -0.2) is 155 Å². The van der Waals surface area contributed by atoms with Gasteiger partial charge in [-0.05, 0) is 233 Å². The molecular weight excluding hydrogens is 1560 g/mol. The van der Waals surface area contributed by atoms with E-state index in [4.69, 9.17) is 15.0 Å². The highest BCUT2D eigenvalue weighted by molar-refractivity contribution is 6.10. The van der Waals surface area contributed by atoms with Gasteiger partial charge < -0.3 is 14.7 Å². The van der Waals surface area contributed by atoms with Crippen LogP contribution < -0.4 is 14.7 Å². The second-order valence-corrected chi connectivity index (χ2v) is 37.3. The molecule has 5 fully saturated rings. The van der Waals surface area contributed by atoms with Crippen LogP contribution in [0.15, 0.2) is 191 Å². The minimum absolute atomic E-state index is 0.0497. The Hall–Kier alpha value is -12.2. The molecule has 0 radical (unpaired) electrons. The van der Waals surface area contributed by atoms with Gasteiger partial charge in [0.05, 0.1) is 19.6 Å². The Morgan fingerprint density at radius 1 is 0.392 bits per heavy atom. The quantitative estimate of drug-likeness (QED) is 0.0507. The number of nitrogens with one attached hydrogen (secondary N) is 3. The number of nitrogens with zero attached hydrogens (tertiary/aromatic N) is 18. The lowest BCUT2D eigenvalue weighted by molar-refractivity contribution is -0.132. The Labute approximate surface area is 732 Å². The van der Waals surface area contributed by atoms with Crippen LogP contribution in [0.1, 0.15) is 230 Å². The van der Waals surface area contributed by atoms with Crippen LogP contribution in [0.25, 0.3) is 67.5 Å². The van der Waals surface area contributed by atoms with Gasteiger partial charge in [-0.25, -0.2) is 0 Å². The number of fused-ring (bicyclic) bond motifs is 3. The van der Waals surface area contributed by atoms with Crippen LogP contribution in [0.4, 0.5) is 28.4 Å². The number of hydrogen-bond acceptors (Lipinski definition) is 18. The molecule has 21 rings (SSSR count). The molecule has 10 aliphatic rings. The second-order valence-electron chi connectivity index (χ2n) is 37.3. The van der Waals surface area contributed by atoms with Gasteiger partial charge in [0.15, 0.2) is 0 Å². The fraction of sp³-hybridized carbons (Fsp3) is 0.436. The van der Waals surface area contributed by atoms with E-state index < -0.39 is 16.6 Å². The van der Waals surface area contributed by atoms with E-state index in [1.54, 1.807) is 0 Å². The van der Waals surface area contributed by atoms with Gasteiger partial charge in [-0.2, -0.15) is 15.6 Å². The average Bonchev–Trinajstić information content (AvgIpc) is 1.56. The van der Waals surface area contributed by atoms with Crippen LogP contribution in [0.2, 0.25) is 0 Å². The molecule has 125 heavy (non-hydrogen) atoms. The summed E-state index contributed by atoms with van der Waals surface area (Å²) < 4.78 is 0. The van der Waals surface area contributed by atoms with Gasteiger partial charge in [-0.3, -0.25) is 44.1 Å². The molecule has 3 N–H and O–H groups in total. The molecule has 1 saturated heterocycles. The summed E-state index contributed by atoms with van der Waals surface area (Å²) in [7, 11) is 0. The molecule has 24 nitrogen and oxygen atoms in total. The zero-order valence-corrected chi connectivity index (χ0v) is 73.2. The molecule has 3 amide bonds. The van der Waals surface area contributed by atoms with E-state index in [-0.39, 0.29) is 23.1 Å². The molecule has 4 saturated carbocycles. The van der Waals surface area contributed by atoms with Gasteiger partial charge in [-0.15, -0.1) is 30.6 Å². The van der Waals surface area contributed by atoms with Crippen LogP contribution >= 0.6 is 0 Å². The first-order valence-corrected chi connectivity index (χ1v) is 46.2. The standard InChI is InChI=1S/C35H37N7O.C35H39N7O.C31H39N7O/c1-2-3-10-31-36-35(17-6-7-18-35)33(43)41(31)22-24-11-13-25(14-12-24)28-21-26(15-16-27(28)32-37-39-40-38-32)42-23-34(19-20-34)29-8-4-5-9-30(29)42;1-4-5-12-31-36-35(19-8-9-20-35)33(43)41(31)22-24-13-15-25(16-14-24)28-21-26(17-18-27(28)32-37-39-40-38-32)42-23-34(2,3)29-10-6-7-11-30(29)42;1-3-4-9-28-32-31(16-5-6-17-31)30(39)38(28)21-23-10-12-24(13-11-23)27-19-25(37-18-7-8-22(2)20-37)14-15-26(27)29-33-35-36-34-29/h4-5,8-9,11-16,21H,2-3,6-7,10,17-20,22-23H2,1H3,(H,37,38,39,40);6-7,10-11,13-18,21H,4-5,8-9,12,19-20,22-23H2,1-3H3,(H,37,38,39,40);10-15,19,22H,3-9,16-18,20-21H2,1-2H3,(H,33,34,35,36)/t;;22-/m..1/s1. The normalized spacial score (nSPS) is 19.5. The van der Waals surface area contributed by atoms with Crippen molar-refractivity contribution in [2.45, 2.75) is 249 Å². The van der Waals surface area contributed by atoms with Crippen LogP contribution in [0.5, 0.6) is 0 Å². The summed E-state index contributed by atoms with van der Waals surface area (Å²) in [4.78, 5) is 69.3. The van der Waals surface area contributed by atoms with Crippen molar-refractivity contribution in [1.82, 2.24) is 76.6 Å². The Bertz CT molecular complexity index is 5580. The van der Waals surface area contributed by atoms with E-state index >= 15 is 0 Å². The molecule has 8 aromatic carbocycles. The van der Waals surface area contributed by atoms with E-state index in [0.29, 0.717) is 48.4 Å². The number of tetrazole rings is 3. The first-order valence-electron chi connectivity index (χ1n) is 46.2. The molecule has 642 valence electrons. The summed E-state index contributed by atoms with van der Waals surface area (Å²) >= 11 is 0. The number of carbonyl (C=O) groups excluding carboxylic acids is 3. The number of anilines is 5. The van der Waals surface area contributed by atoms with Crippen molar-refractivity contribution >= 4 is 63.7 Å². The number of aromatic nitrogens is 12. The smallest absolute Gasteiger partial charge is 0.256 e. The lowest BCUT2D eigenvalue weighted by Gasteiger charge is -2.33. The number of aromatic amines is 3. The van der Waals surface area contributed by atoms with Gasteiger partial charge in [0.1, 0.15) is 34.1 Å². The van der Waals surface area contributed by atoms with E-state index in [1.165, 1.54) is 59.6 Å². The van der Waals surface area contributed by atoms with Crippen molar-refractivity contribution in [1.29, 1.82) is 0 Å². The summed E-state index contributed by atoms with van der Waals surface area (Å²) in [6.45, 7) is 19.3. The van der Waals surface area contributed by atoms with Gasteiger partial charge in [0, 0.05) is 101 Å². The van der Waals surface area contributed by atoms with Crippen molar-refractivity contribution in [3.05, 3.63) is 204 Å². The molecule has 4 spiro atoms. The molecule has 3 aromatic heterocycles. The zero-order valence-electron chi connectivity index (χ0n) is 73.2. The van der Waals surface area contributed by atoms with Gasteiger partial charge in [0.25, 0.3) is 17.7 Å². The van der Waals surface area contributed by atoms with Crippen LogP contribution in [-0.2, 0) is 44.8 Å². The number of amidine groups is 3. The molecule has 6 aliphatic heterocycles. The second kappa shape index (κ2) is 34.7. The maximum atomic E-state index is 13.7. The first-order chi connectivity index (χ1) is 61.0. The minimum atomic E-state index is -0.508. The number of rotatable bonds is 24. The fourth-order valence-electron chi connectivity index (χ4n) is 21.2. The summed E-state index contributed by atoms with van der Waals surface area (Å²) in [5.74, 6) is 5.96. The molecule has 0 bridgehead atoms. The third-order valence-electron chi connectivity index (χ3n) is 28.2. The van der Waals surface area contributed by atoms with Crippen LogP contribution in [0, 0.1) is 5.92 Å². The summed E-state index contributed by atoms with van der Waals surface area (Å²) in [6.07, 6.45) is 25.9. The minimum Gasteiger partial charge on any atom is -0.371 e. The highest BCUT2D eigenvalue weighted by atomic mass is 16.2. The third kappa shape index (κ3) is 16.2. The lowest BCUT2D eigenvalue weighted by atomic mass is 9.87. The predicted molar refractivity (Wildman–Crippen MR) is 493 cm³/mol. The molecule has 9 heterocycles. The topological polar surface area (TPSA) is 271 Å². The molecular formula is C101H115N21O3. The SMILES string of the molecule is CCCCC1=NC2(CCCC2)C(=O)N1Cc1ccc(-c2cc(N3CC(C)(C)c4ccccc43)ccc2-c2nn[nH]n2)cc1.CCCCC1=NC2(CCCC2)C(=O)N1Cc1ccc(-c2cc(N3CC4(CC4)c4ccccc43)ccc2-c2nn[nH]n2)cc1.CCCCC1=NC2(CCCC2)C(=O)N1Cc1ccc(-c2cc(N3CCC[C@@H](C)C3)ccc2-c2nn[nH]n2)cc1. The number of para-hydroxylation sites is 2. The van der Waals surface area contributed by atoms with Crippen LogP contribution in [0.3, 0.4) is 0 Å². The largest absolute Gasteiger partial charge is 0.371 e. The number of benzene rings is 8. The molecule has 24 heteroatoms. The number of aliphatic imine (C=N–C) groups is 3. The Balaban J connectivity index is 0.000000123. The summed E-state index contributed by atoms with van der Waals surface area (Å²) in [6, 6.07) is 62.9. The maximum absolute atomic E-state index is 13.7. The van der Waals surface area contributed by atoms with Crippen molar-refractivity contribution in [3.63, 3.8) is 0 Å². The Morgan fingerprint density at radius 2 is 0.752 bits per heavy atom. The summed E-state index contributed by atoms with van der Waals surface area (Å²) in [5, 5.41) is 45.0. The van der Waals surface area contributed by atoms with Crippen molar-refractivity contribution in [3.8, 4) is 67.5 Å². The lowest BCUT2D eigenvalue weighted by Crippen LogP contribution is -2.40. The van der Waals surface area contributed by atoms with E-state index in [0.717, 1.165) is 251 Å². The third-order valence-corrected chi connectivity index (χ3v) is 28.2. The van der Waals surface area contributed by atoms with Gasteiger partial charge in [-0.1, -0.05) is 209 Å². The van der Waals surface area contributed by atoms with Gasteiger partial charge in [0.2, 0.25) is 17.5 Å². The average molecular weight is 1670 g/mol. The van der Waals surface area contributed by atoms with Crippen molar-refractivity contribution in [2.24, 2.45) is 20.9 Å². The number of unbranched alkanes of at least 4 members (excludes halogenated alkanes) is 3. The van der Waals surface area contributed by atoms with Crippen molar-refractivity contribution in [2.75, 3.05) is 40.9 Å². The predicted octanol–water partition coefficient (Wildman–Crippen LogP) is 20.2. The monoisotopic (exact) mass is 1670 g/mol. The number of piperidine rings is 1. The molecule has 1 atom stereocenters. The highest BCUT2D eigenvalue weighted by Crippen LogP contribution is 2.59. The number of H-pyrrole nitrogens is 3. The van der Waals surface area contributed by atoms with Crippen molar-refractivity contribution < 1.29 is 14.4 Å². The number of amides is 3. The maximum Gasteiger partial charge on any atom is 0.256 e. The highest BCUT2D eigenvalue weighted by Gasteiger charge is 2.54. The molecule has 4 aliphatic carbocycles. The number of carbonyl (C=O) groups is 3. The van der Waals surface area contributed by atoms with E-state index in [2.05, 4.69) is 294 Å². The fourth-order valence-corrected chi connectivity index (χ4v) is 21.2. The summed E-state index contributed by atoms with van der Waals surface area (Å²) in [5.41, 5.74) is 20.4. The molecule has 11 aromatic rings. The Kier molecular flexibility index (Phi) is 22.9. The van der Waals surface area contributed by atoms with E-state index in [1.807, 2.05) is 14.7 Å². The number of hydrogen-bond donors (Lipinski definition) is 3. The van der Waals surface area contributed by atoms with Gasteiger partial charge >= 0.3 is 0 Å². The van der Waals surface area contributed by atoms with E-state index in [9.17, 15) is 14.4 Å². The zero-order chi connectivity index (χ0) is 85.4. The molecule has 0 unspecified atom stereocenters. The Morgan fingerprint density at radius 3 is 1.12 bits per heavy atom. The first kappa shape index (κ1) is 82.4.